The number of allylic oxidation sites excluding steroid dienone is 2. The Morgan fingerprint density at radius 1 is 1.12 bits per heavy atom. The van der Waals surface area contributed by atoms with E-state index in [-0.39, 0.29) is 11.3 Å². The van der Waals surface area contributed by atoms with Gasteiger partial charge in [0.15, 0.2) is 5.78 Å². The minimum atomic E-state index is -1.47. The highest BCUT2D eigenvalue weighted by molar-refractivity contribution is 6.40. The molecule has 1 aromatic carbocycles. The lowest BCUT2D eigenvalue weighted by Crippen LogP contribution is -2.16. The van der Waals surface area contributed by atoms with Crippen LogP contribution in [-0.4, -0.2) is 22.6 Å². The van der Waals surface area contributed by atoms with Crippen LogP contribution in [0.4, 0.5) is 0 Å². The van der Waals surface area contributed by atoms with Gasteiger partial charge in [-0.15, -0.1) is 0 Å². The smallest absolute Gasteiger partial charge is 0.377 e. The number of carbonyl (C=O) groups is 3. The molecule has 24 heavy (non-hydrogen) atoms. The van der Waals surface area contributed by atoms with Gasteiger partial charge in [-0.2, -0.15) is 0 Å². The molecule has 0 heterocycles. The zero-order valence-corrected chi connectivity index (χ0v) is 14.9. The summed E-state index contributed by atoms with van der Waals surface area (Å²) in [7, 11) is 0. The molecule has 0 bridgehead atoms. The van der Waals surface area contributed by atoms with Gasteiger partial charge in [0.1, 0.15) is 0 Å². The van der Waals surface area contributed by atoms with Gasteiger partial charge in [0.25, 0.3) is 5.78 Å². The average molecular weight is 330 g/mol. The van der Waals surface area contributed by atoms with Crippen molar-refractivity contribution in [1.29, 1.82) is 0 Å². The Bertz CT molecular complexity index is 652. The van der Waals surface area contributed by atoms with Crippen molar-refractivity contribution in [1.82, 2.24) is 0 Å². The number of aliphatic carboxylic acids is 1. The third-order valence-electron chi connectivity index (χ3n) is 4.07. The van der Waals surface area contributed by atoms with Crippen LogP contribution in [0.25, 0.3) is 0 Å². The van der Waals surface area contributed by atoms with Crippen molar-refractivity contribution in [2.45, 2.75) is 53.4 Å². The lowest BCUT2D eigenvalue weighted by molar-refractivity contribution is -0.131. The second-order valence-electron chi connectivity index (χ2n) is 6.57. The van der Waals surface area contributed by atoms with Gasteiger partial charge in [-0.3, -0.25) is 9.59 Å². The van der Waals surface area contributed by atoms with Gasteiger partial charge in [-0.25, -0.2) is 4.79 Å². The minimum absolute atomic E-state index is 0.0952. The Morgan fingerprint density at radius 2 is 1.79 bits per heavy atom. The van der Waals surface area contributed by atoms with Gasteiger partial charge in [-0.1, -0.05) is 24.6 Å². The van der Waals surface area contributed by atoms with Crippen LogP contribution in [0.3, 0.4) is 0 Å². The second kappa shape index (κ2) is 9.16. The molecule has 0 fully saturated rings. The molecule has 0 aliphatic rings. The standard InChI is InChI=1S/C20H26O4/c1-13(2)6-5-7-14(3)8-9-17-12-16(15(4)21)10-11-18(17)19(22)20(23)24/h6,10-12,14H,5,7-9H2,1-4H3,(H,23,24). The van der Waals surface area contributed by atoms with Crippen LogP contribution in [0, 0.1) is 5.92 Å². The Labute approximate surface area is 143 Å². The molecule has 0 spiro atoms. The van der Waals surface area contributed by atoms with E-state index in [0.29, 0.717) is 23.5 Å². The van der Waals surface area contributed by atoms with E-state index in [2.05, 4.69) is 26.8 Å². The van der Waals surface area contributed by atoms with Gasteiger partial charge in [0, 0.05) is 11.1 Å². The molecular formula is C20H26O4. The summed E-state index contributed by atoms with van der Waals surface area (Å²) >= 11 is 0. The number of rotatable bonds is 9. The number of carboxylic acids is 1. The zero-order chi connectivity index (χ0) is 18.3. The zero-order valence-electron chi connectivity index (χ0n) is 14.9. The molecule has 0 aromatic heterocycles. The van der Waals surface area contributed by atoms with E-state index in [1.54, 1.807) is 6.07 Å². The quantitative estimate of drug-likeness (QED) is 0.412. The van der Waals surface area contributed by atoms with E-state index < -0.39 is 11.8 Å². The predicted octanol–water partition coefficient (Wildman–Crippen LogP) is 4.47. The maximum absolute atomic E-state index is 11.8. The molecule has 0 amide bonds. The van der Waals surface area contributed by atoms with Crippen LogP contribution in [0.15, 0.2) is 29.8 Å². The van der Waals surface area contributed by atoms with Gasteiger partial charge in [-0.05, 0) is 70.1 Å². The number of carboxylic acid groups (broad SMARTS) is 1. The molecule has 1 unspecified atom stereocenters. The van der Waals surface area contributed by atoms with E-state index in [0.717, 1.165) is 19.3 Å². The predicted molar refractivity (Wildman–Crippen MR) is 94.6 cm³/mol. The maximum Gasteiger partial charge on any atom is 0.377 e. The Morgan fingerprint density at radius 3 is 2.33 bits per heavy atom. The van der Waals surface area contributed by atoms with E-state index in [1.165, 1.54) is 24.6 Å². The second-order valence-corrected chi connectivity index (χ2v) is 6.57. The number of aryl methyl sites for hydroxylation is 1. The van der Waals surface area contributed by atoms with Crippen LogP contribution in [0.5, 0.6) is 0 Å². The molecule has 0 radical (unpaired) electrons. The van der Waals surface area contributed by atoms with Crippen molar-refractivity contribution in [3.8, 4) is 0 Å². The molecule has 0 aliphatic carbocycles. The molecule has 0 saturated heterocycles. The monoisotopic (exact) mass is 330 g/mol. The minimum Gasteiger partial charge on any atom is -0.475 e. The highest BCUT2D eigenvalue weighted by Crippen LogP contribution is 2.20. The van der Waals surface area contributed by atoms with E-state index in [1.807, 2.05) is 0 Å². The SMILES string of the molecule is CC(=O)c1ccc(C(=O)C(=O)O)c(CCC(C)CCC=C(C)C)c1. The normalized spacial score (nSPS) is 11.7. The van der Waals surface area contributed by atoms with Crippen molar-refractivity contribution in [3.63, 3.8) is 0 Å². The van der Waals surface area contributed by atoms with Crippen molar-refractivity contribution in [2.75, 3.05) is 0 Å². The molecule has 1 rings (SSSR count). The molecule has 0 aliphatic heterocycles. The van der Waals surface area contributed by atoms with E-state index in [9.17, 15) is 14.4 Å². The number of ketones is 2. The molecule has 0 saturated carbocycles. The summed E-state index contributed by atoms with van der Waals surface area (Å²) in [5, 5.41) is 8.96. The molecule has 1 aromatic rings. The molecule has 1 N–H and O–H groups in total. The molecule has 4 heteroatoms. The average Bonchev–Trinajstić information content (AvgIpc) is 2.51. The summed E-state index contributed by atoms with van der Waals surface area (Å²) in [6.45, 7) is 7.75. The molecule has 130 valence electrons. The van der Waals surface area contributed by atoms with Gasteiger partial charge in [0.05, 0.1) is 0 Å². The Hall–Kier alpha value is -2.23. The summed E-state index contributed by atoms with van der Waals surface area (Å²) in [5.74, 6) is -2.03. The topological polar surface area (TPSA) is 71.4 Å². The first kappa shape index (κ1) is 19.8. The number of benzene rings is 1. The summed E-state index contributed by atoms with van der Waals surface area (Å²) < 4.78 is 0. The third kappa shape index (κ3) is 6.11. The first-order chi connectivity index (χ1) is 11.2. The maximum atomic E-state index is 11.8. The molecule has 1 atom stereocenters. The van der Waals surface area contributed by atoms with Crippen molar-refractivity contribution < 1.29 is 19.5 Å². The fourth-order valence-electron chi connectivity index (χ4n) is 2.56. The van der Waals surface area contributed by atoms with Gasteiger partial charge >= 0.3 is 5.97 Å². The Balaban J connectivity index is 2.88. The van der Waals surface area contributed by atoms with Crippen LogP contribution in [0.1, 0.15) is 73.2 Å². The van der Waals surface area contributed by atoms with Crippen LogP contribution >= 0.6 is 0 Å². The Kier molecular flexibility index (Phi) is 7.56. The van der Waals surface area contributed by atoms with Gasteiger partial charge < -0.3 is 5.11 Å². The fraction of sp³-hybridized carbons (Fsp3) is 0.450. The fourth-order valence-corrected chi connectivity index (χ4v) is 2.56. The number of hydrogen-bond acceptors (Lipinski definition) is 3. The van der Waals surface area contributed by atoms with E-state index >= 15 is 0 Å². The van der Waals surface area contributed by atoms with Crippen LogP contribution in [-0.2, 0) is 11.2 Å². The first-order valence-electron chi connectivity index (χ1n) is 8.27. The van der Waals surface area contributed by atoms with E-state index in [4.69, 9.17) is 5.11 Å². The van der Waals surface area contributed by atoms with Crippen molar-refractivity contribution >= 4 is 17.5 Å². The summed E-state index contributed by atoms with van der Waals surface area (Å²) in [4.78, 5) is 34.4. The summed E-state index contributed by atoms with van der Waals surface area (Å²) in [5.41, 5.74) is 2.63. The molecule has 4 nitrogen and oxygen atoms in total. The number of Topliss-reactive ketones (excluding diaryl/α,β-unsaturated/α-hetero) is 2. The first-order valence-corrected chi connectivity index (χ1v) is 8.27. The lowest BCUT2D eigenvalue weighted by atomic mass is 9.91. The number of hydrogen-bond donors (Lipinski definition) is 1. The summed E-state index contributed by atoms with van der Waals surface area (Å²) in [6.07, 6.45) is 5.69. The summed E-state index contributed by atoms with van der Waals surface area (Å²) in [6, 6.07) is 4.62. The third-order valence-corrected chi connectivity index (χ3v) is 4.07. The van der Waals surface area contributed by atoms with Crippen LogP contribution in [0.2, 0.25) is 0 Å². The molecular weight excluding hydrogens is 304 g/mol. The van der Waals surface area contributed by atoms with Crippen molar-refractivity contribution in [2.24, 2.45) is 5.92 Å². The highest BCUT2D eigenvalue weighted by atomic mass is 16.4. The van der Waals surface area contributed by atoms with Gasteiger partial charge in [0.2, 0.25) is 0 Å². The van der Waals surface area contributed by atoms with Crippen molar-refractivity contribution in [3.05, 3.63) is 46.5 Å². The lowest BCUT2D eigenvalue weighted by Gasteiger charge is -2.13. The highest BCUT2D eigenvalue weighted by Gasteiger charge is 2.19. The number of carbonyl (C=O) groups excluding carboxylic acids is 2. The largest absolute Gasteiger partial charge is 0.475 e. The van der Waals surface area contributed by atoms with Crippen LogP contribution < -0.4 is 0 Å².